The van der Waals surface area contributed by atoms with Crippen molar-refractivity contribution in [1.29, 1.82) is 0 Å². The van der Waals surface area contributed by atoms with Gasteiger partial charge in [-0.3, -0.25) is 9.20 Å². The Hall–Kier alpha value is -1.84. The molecule has 0 aliphatic heterocycles. The van der Waals surface area contributed by atoms with Gasteiger partial charge in [0.15, 0.2) is 0 Å². The molecular weight excluding hydrogens is 286 g/mol. The molecule has 23 heavy (non-hydrogen) atoms. The number of carbonyl (C=O) groups is 1. The predicted octanol–water partition coefficient (Wildman–Crippen LogP) is 3.96. The predicted molar refractivity (Wildman–Crippen MR) is 94.9 cm³/mol. The summed E-state index contributed by atoms with van der Waals surface area (Å²) in [7, 11) is 0. The number of amides is 1. The van der Waals surface area contributed by atoms with Crippen molar-refractivity contribution < 1.29 is 4.79 Å². The molecule has 0 fully saturated rings. The van der Waals surface area contributed by atoms with Crippen molar-refractivity contribution >= 4 is 11.6 Å². The summed E-state index contributed by atoms with van der Waals surface area (Å²) < 4.78 is 1.96. The number of carbonyl (C=O) groups excluding carboxylic acids is 1. The van der Waals surface area contributed by atoms with Crippen LogP contribution in [0.1, 0.15) is 56.4 Å². The highest BCUT2D eigenvalue weighted by molar-refractivity contribution is 5.94. The molecule has 0 atom stereocenters. The van der Waals surface area contributed by atoms with E-state index in [1.807, 2.05) is 34.6 Å². The summed E-state index contributed by atoms with van der Waals surface area (Å²) in [5.41, 5.74) is 3.60. The largest absolute Gasteiger partial charge is 0.337 e. The minimum atomic E-state index is 0.0994. The van der Waals surface area contributed by atoms with E-state index in [2.05, 4.69) is 39.6 Å². The second kappa shape index (κ2) is 7.16. The average Bonchev–Trinajstić information content (AvgIpc) is 2.82. The fourth-order valence-electron chi connectivity index (χ4n) is 2.94. The Balaban J connectivity index is 2.50. The van der Waals surface area contributed by atoms with Crippen molar-refractivity contribution in [3.63, 3.8) is 0 Å². The third-order valence-electron chi connectivity index (χ3n) is 3.83. The monoisotopic (exact) mass is 315 g/mol. The van der Waals surface area contributed by atoms with Gasteiger partial charge in [0.25, 0.3) is 5.91 Å². The topological polar surface area (TPSA) is 37.6 Å². The number of imidazole rings is 1. The van der Waals surface area contributed by atoms with E-state index in [0.29, 0.717) is 11.8 Å². The quantitative estimate of drug-likeness (QED) is 0.809. The normalized spacial score (nSPS) is 11.7. The molecule has 2 aromatic heterocycles. The second-order valence-electron chi connectivity index (χ2n) is 7.19. The number of hydrogen-bond acceptors (Lipinski definition) is 2. The van der Waals surface area contributed by atoms with E-state index < -0.39 is 0 Å². The van der Waals surface area contributed by atoms with Crippen LogP contribution in [0, 0.1) is 18.8 Å². The van der Waals surface area contributed by atoms with Crippen molar-refractivity contribution in [2.75, 3.05) is 13.1 Å². The lowest BCUT2D eigenvalue weighted by atomic mass is 10.1. The lowest BCUT2D eigenvalue weighted by Gasteiger charge is -2.26. The zero-order valence-electron chi connectivity index (χ0n) is 15.3. The van der Waals surface area contributed by atoms with Gasteiger partial charge in [-0.25, -0.2) is 4.98 Å². The Bertz CT molecular complexity index is 675. The summed E-state index contributed by atoms with van der Waals surface area (Å²) in [4.78, 5) is 19.9. The SMILES string of the molecule is CCc1nc2ccc(C)cn2c1C(=O)N(CC(C)C)CC(C)C. The molecule has 0 aromatic carbocycles. The van der Waals surface area contributed by atoms with Crippen LogP contribution in [0.15, 0.2) is 18.3 Å². The Morgan fingerprint density at radius 2 is 1.78 bits per heavy atom. The van der Waals surface area contributed by atoms with Crippen molar-refractivity contribution in [3.05, 3.63) is 35.3 Å². The molecule has 0 bridgehead atoms. The summed E-state index contributed by atoms with van der Waals surface area (Å²) in [5, 5.41) is 0. The molecule has 0 unspecified atom stereocenters. The smallest absolute Gasteiger partial charge is 0.272 e. The maximum Gasteiger partial charge on any atom is 0.272 e. The molecule has 2 rings (SSSR count). The van der Waals surface area contributed by atoms with Gasteiger partial charge in [0.05, 0.1) is 5.69 Å². The van der Waals surface area contributed by atoms with E-state index in [4.69, 9.17) is 0 Å². The first-order valence-electron chi connectivity index (χ1n) is 8.60. The maximum atomic E-state index is 13.2. The van der Waals surface area contributed by atoms with Crippen molar-refractivity contribution in [1.82, 2.24) is 14.3 Å². The number of rotatable bonds is 6. The van der Waals surface area contributed by atoms with E-state index in [-0.39, 0.29) is 5.91 Å². The average molecular weight is 315 g/mol. The van der Waals surface area contributed by atoms with Crippen LogP contribution in [0.3, 0.4) is 0 Å². The zero-order valence-corrected chi connectivity index (χ0v) is 15.3. The molecule has 0 saturated heterocycles. The highest BCUT2D eigenvalue weighted by Gasteiger charge is 2.24. The minimum Gasteiger partial charge on any atom is -0.337 e. The number of aromatic nitrogens is 2. The summed E-state index contributed by atoms with van der Waals surface area (Å²) in [6.07, 6.45) is 2.77. The third-order valence-corrected chi connectivity index (χ3v) is 3.83. The number of fused-ring (bicyclic) bond motifs is 1. The molecular formula is C19H29N3O. The van der Waals surface area contributed by atoms with E-state index in [0.717, 1.165) is 42.1 Å². The van der Waals surface area contributed by atoms with Crippen LogP contribution < -0.4 is 0 Å². The molecule has 0 saturated carbocycles. The molecule has 0 radical (unpaired) electrons. The molecule has 0 N–H and O–H groups in total. The Morgan fingerprint density at radius 3 is 2.30 bits per heavy atom. The lowest BCUT2D eigenvalue weighted by Crippen LogP contribution is -2.38. The maximum absolute atomic E-state index is 13.2. The van der Waals surface area contributed by atoms with E-state index in [1.165, 1.54) is 0 Å². The van der Waals surface area contributed by atoms with Gasteiger partial charge in [-0.15, -0.1) is 0 Å². The molecule has 126 valence electrons. The highest BCUT2D eigenvalue weighted by Crippen LogP contribution is 2.18. The summed E-state index contributed by atoms with van der Waals surface area (Å²) in [5.74, 6) is 0.995. The van der Waals surface area contributed by atoms with E-state index >= 15 is 0 Å². The molecule has 0 aliphatic carbocycles. The van der Waals surface area contributed by atoms with E-state index in [9.17, 15) is 4.79 Å². The standard InChI is InChI=1S/C19H29N3O/c1-7-16-18(22-12-15(6)8-9-17(22)20-16)19(23)21(10-13(2)3)11-14(4)5/h8-9,12-14H,7,10-11H2,1-6H3. The summed E-state index contributed by atoms with van der Waals surface area (Å²) >= 11 is 0. The summed E-state index contributed by atoms with van der Waals surface area (Å²) in [6, 6.07) is 4.02. The molecule has 4 nitrogen and oxygen atoms in total. The van der Waals surface area contributed by atoms with Crippen molar-refractivity contribution in [3.8, 4) is 0 Å². The van der Waals surface area contributed by atoms with Gasteiger partial charge in [-0.1, -0.05) is 40.7 Å². The van der Waals surface area contributed by atoms with Gasteiger partial charge < -0.3 is 4.90 Å². The number of nitrogens with zero attached hydrogens (tertiary/aromatic N) is 3. The zero-order chi connectivity index (χ0) is 17.1. The second-order valence-corrected chi connectivity index (χ2v) is 7.19. The van der Waals surface area contributed by atoms with Crippen LogP contribution in [-0.4, -0.2) is 33.3 Å². The van der Waals surface area contributed by atoms with Gasteiger partial charge in [-0.2, -0.15) is 0 Å². The Labute approximate surface area is 139 Å². The van der Waals surface area contributed by atoms with Crippen molar-refractivity contribution in [2.24, 2.45) is 11.8 Å². The van der Waals surface area contributed by atoms with Gasteiger partial charge >= 0.3 is 0 Å². The first-order valence-corrected chi connectivity index (χ1v) is 8.60. The fourth-order valence-corrected chi connectivity index (χ4v) is 2.94. The van der Waals surface area contributed by atoms with Crippen LogP contribution in [0.2, 0.25) is 0 Å². The first-order chi connectivity index (χ1) is 10.8. The van der Waals surface area contributed by atoms with Gasteiger partial charge in [-0.05, 0) is 36.8 Å². The first kappa shape index (κ1) is 17.5. The number of pyridine rings is 1. The molecule has 1 amide bonds. The van der Waals surface area contributed by atoms with Gasteiger partial charge in [0, 0.05) is 19.3 Å². The minimum absolute atomic E-state index is 0.0994. The molecule has 2 heterocycles. The van der Waals surface area contributed by atoms with Crippen LogP contribution in [0.4, 0.5) is 0 Å². The molecule has 2 aromatic rings. The third kappa shape index (κ3) is 3.92. The molecule has 4 heteroatoms. The van der Waals surface area contributed by atoms with Gasteiger partial charge in [0.1, 0.15) is 11.3 Å². The highest BCUT2D eigenvalue weighted by atomic mass is 16.2. The Morgan fingerprint density at radius 1 is 1.17 bits per heavy atom. The van der Waals surface area contributed by atoms with E-state index in [1.54, 1.807) is 0 Å². The molecule has 0 aliphatic rings. The van der Waals surface area contributed by atoms with Gasteiger partial charge in [0.2, 0.25) is 0 Å². The fraction of sp³-hybridized carbons (Fsp3) is 0.579. The van der Waals surface area contributed by atoms with Crippen LogP contribution in [0.5, 0.6) is 0 Å². The number of aryl methyl sites for hydroxylation is 2. The summed E-state index contributed by atoms with van der Waals surface area (Å²) in [6.45, 7) is 14.3. The van der Waals surface area contributed by atoms with Crippen LogP contribution in [-0.2, 0) is 6.42 Å². The Kier molecular flexibility index (Phi) is 5.45. The lowest BCUT2D eigenvalue weighted by molar-refractivity contribution is 0.0707. The number of hydrogen-bond donors (Lipinski definition) is 0. The van der Waals surface area contributed by atoms with Crippen LogP contribution in [0.25, 0.3) is 5.65 Å². The van der Waals surface area contributed by atoms with Crippen LogP contribution >= 0.6 is 0 Å². The van der Waals surface area contributed by atoms with Crippen molar-refractivity contribution in [2.45, 2.75) is 48.0 Å². The molecule has 0 spiro atoms.